The first-order valence-electron chi connectivity index (χ1n) is 9.92. The van der Waals surface area contributed by atoms with Gasteiger partial charge in [0.25, 0.3) is 10.0 Å². The molecule has 3 aromatic rings. The number of piperazine rings is 1. The molecule has 2 aromatic carbocycles. The van der Waals surface area contributed by atoms with E-state index < -0.39 is 10.0 Å². The molecule has 2 heterocycles. The summed E-state index contributed by atoms with van der Waals surface area (Å²) in [4.78, 5) is 9.22. The Morgan fingerprint density at radius 2 is 1.79 bits per heavy atom. The molecule has 1 fully saturated rings. The van der Waals surface area contributed by atoms with Gasteiger partial charge in [0, 0.05) is 37.8 Å². The van der Waals surface area contributed by atoms with E-state index in [1.165, 1.54) is 0 Å². The number of hydrogen-bond acceptors (Lipinski definition) is 5. The molecular formula is C22H26N4O2S. The molecule has 152 valence electrons. The second-order valence-electron chi connectivity index (χ2n) is 7.38. The molecule has 0 saturated carbocycles. The predicted octanol–water partition coefficient (Wildman–Crippen LogP) is 3.49. The highest BCUT2D eigenvalue weighted by atomic mass is 32.2. The number of fused-ring (bicyclic) bond motifs is 1. The normalized spacial score (nSPS) is 15.6. The number of aryl methyl sites for hydroxylation is 1. The lowest BCUT2D eigenvalue weighted by atomic mass is 10.2. The van der Waals surface area contributed by atoms with Crippen LogP contribution in [0.25, 0.3) is 10.9 Å². The molecule has 1 aliphatic heterocycles. The van der Waals surface area contributed by atoms with Crippen LogP contribution >= 0.6 is 0 Å². The second-order valence-corrected chi connectivity index (χ2v) is 9.04. The Bertz CT molecular complexity index is 1120. The fourth-order valence-electron chi connectivity index (χ4n) is 3.80. The third kappa shape index (κ3) is 4.06. The van der Waals surface area contributed by atoms with Crippen molar-refractivity contribution in [1.82, 2.24) is 9.88 Å². The summed E-state index contributed by atoms with van der Waals surface area (Å²) in [6.45, 7) is 8.85. The quantitative estimate of drug-likeness (QED) is 0.698. The minimum absolute atomic E-state index is 0.195. The standard InChI is InChI=1S/C22H26N4O2S/c1-3-25-11-13-26(14-12-25)20-9-5-4-8-19(20)24-29(27,28)21-10-6-7-18-15-17(2)16-23-22(18)21/h4-10,15-16,24H,3,11-14H2,1-2H3. The number of anilines is 2. The Balaban J connectivity index is 1.66. The number of hydrogen-bond donors (Lipinski definition) is 1. The largest absolute Gasteiger partial charge is 0.367 e. The number of para-hydroxylation sites is 3. The van der Waals surface area contributed by atoms with E-state index in [2.05, 4.69) is 26.4 Å². The van der Waals surface area contributed by atoms with E-state index in [4.69, 9.17) is 0 Å². The van der Waals surface area contributed by atoms with Crippen LogP contribution in [0.3, 0.4) is 0 Å². The fraction of sp³-hybridized carbons (Fsp3) is 0.318. The number of rotatable bonds is 5. The van der Waals surface area contributed by atoms with Crippen LogP contribution in [0, 0.1) is 6.92 Å². The maximum atomic E-state index is 13.3. The minimum Gasteiger partial charge on any atom is -0.367 e. The van der Waals surface area contributed by atoms with Crippen LogP contribution < -0.4 is 9.62 Å². The summed E-state index contributed by atoms with van der Waals surface area (Å²) in [5, 5.41) is 0.817. The summed E-state index contributed by atoms with van der Waals surface area (Å²) in [6, 6.07) is 14.8. The van der Waals surface area contributed by atoms with Gasteiger partial charge in [-0.2, -0.15) is 0 Å². The van der Waals surface area contributed by atoms with E-state index in [0.717, 1.165) is 49.4 Å². The molecule has 1 N–H and O–H groups in total. The van der Waals surface area contributed by atoms with E-state index in [0.29, 0.717) is 11.2 Å². The summed E-state index contributed by atoms with van der Waals surface area (Å²) in [5.74, 6) is 0. The summed E-state index contributed by atoms with van der Waals surface area (Å²) in [5.41, 5.74) is 2.99. The molecular weight excluding hydrogens is 384 g/mol. The first-order chi connectivity index (χ1) is 14.0. The van der Waals surface area contributed by atoms with Gasteiger partial charge in [-0.3, -0.25) is 9.71 Å². The van der Waals surface area contributed by atoms with E-state index in [9.17, 15) is 8.42 Å². The van der Waals surface area contributed by atoms with Crippen LogP contribution in [0.4, 0.5) is 11.4 Å². The van der Waals surface area contributed by atoms with Crippen LogP contribution in [-0.2, 0) is 10.0 Å². The molecule has 0 amide bonds. The van der Waals surface area contributed by atoms with Gasteiger partial charge in [0.2, 0.25) is 0 Å². The number of nitrogens with one attached hydrogen (secondary N) is 1. The zero-order chi connectivity index (χ0) is 20.4. The van der Waals surface area contributed by atoms with Crippen molar-refractivity contribution in [2.75, 3.05) is 42.3 Å². The predicted molar refractivity (Wildman–Crippen MR) is 118 cm³/mol. The van der Waals surface area contributed by atoms with Crippen molar-refractivity contribution in [2.45, 2.75) is 18.7 Å². The van der Waals surface area contributed by atoms with Gasteiger partial charge in [0.05, 0.1) is 16.9 Å². The Kier molecular flexibility index (Phi) is 5.43. The molecule has 0 spiro atoms. The van der Waals surface area contributed by atoms with Crippen LogP contribution in [0.1, 0.15) is 12.5 Å². The molecule has 0 atom stereocenters. The SMILES string of the molecule is CCN1CCN(c2ccccc2NS(=O)(=O)c2cccc3cc(C)cnc23)CC1. The van der Waals surface area contributed by atoms with E-state index >= 15 is 0 Å². The first-order valence-corrected chi connectivity index (χ1v) is 11.4. The van der Waals surface area contributed by atoms with Gasteiger partial charge in [0.1, 0.15) is 4.90 Å². The maximum Gasteiger partial charge on any atom is 0.264 e. The number of pyridine rings is 1. The number of likely N-dealkylation sites (N-methyl/N-ethyl adjacent to an activating group) is 1. The summed E-state index contributed by atoms with van der Waals surface area (Å²) < 4.78 is 29.3. The highest BCUT2D eigenvalue weighted by molar-refractivity contribution is 7.93. The van der Waals surface area contributed by atoms with E-state index in [-0.39, 0.29) is 4.90 Å². The van der Waals surface area contributed by atoms with E-state index in [1.807, 2.05) is 43.3 Å². The molecule has 1 aliphatic rings. The Morgan fingerprint density at radius 1 is 1.03 bits per heavy atom. The second kappa shape index (κ2) is 8.00. The zero-order valence-electron chi connectivity index (χ0n) is 16.8. The van der Waals surface area contributed by atoms with Gasteiger partial charge in [0.15, 0.2) is 0 Å². The van der Waals surface area contributed by atoms with E-state index in [1.54, 1.807) is 18.3 Å². The third-order valence-corrected chi connectivity index (χ3v) is 6.81. The monoisotopic (exact) mass is 410 g/mol. The Labute approximate surface area is 172 Å². The highest BCUT2D eigenvalue weighted by Crippen LogP contribution is 2.30. The third-order valence-electron chi connectivity index (χ3n) is 5.41. The van der Waals surface area contributed by atoms with Gasteiger partial charge in [-0.1, -0.05) is 31.2 Å². The Hall–Kier alpha value is -2.64. The van der Waals surface area contributed by atoms with Crippen molar-refractivity contribution < 1.29 is 8.42 Å². The van der Waals surface area contributed by atoms with Crippen molar-refractivity contribution in [1.29, 1.82) is 0 Å². The molecule has 1 saturated heterocycles. The molecule has 0 aliphatic carbocycles. The van der Waals surface area contributed by atoms with Gasteiger partial charge < -0.3 is 9.80 Å². The molecule has 0 unspecified atom stereocenters. The van der Waals surface area contributed by atoms with Crippen molar-refractivity contribution in [3.63, 3.8) is 0 Å². The average Bonchev–Trinajstić information content (AvgIpc) is 2.73. The van der Waals surface area contributed by atoms with Crippen LogP contribution in [-0.4, -0.2) is 51.0 Å². The molecule has 29 heavy (non-hydrogen) atoms. The summed E-state index contributed by atoms with van der Waals surface area (Å²) in [7, 11) is -3.78. The molecule has 7 heteroatoms. The lowest BCUT2D eigenvalue weighted by Gasteiger charge is -2.36. The van der Waals surface area contributed by atoms with Crippen LogP contribution in [0.5, 0.6) is 0 Å². The van der Waals surface area contributed by atoms with Gasteiger partial charge in [-0.15, -0.1) is 0 Å². The van der Waals surface area contributed by atoms with Crippen molar-refractivity contribution in [3.8, 4) is 0 Å². The summed E-state index contributed by atoms with van der Waals surface area (Å²) >= 11 is 0. The molecule has 1 aromatic heterocycles. The lowest BCUT2D eigenvalue weighted by molar-refractivity contribution is 0.271. The average molecular weight is 411 g/mol. The van der Waals surface area contributed by atoms with Crippen molar-refractivity contribution in [3.05, 3.63) is 60.3 Å². The van der Waals surface area contributed by atoms with Gasteiger partial charge in [-0.25, -0.2) is 8.42 Å². The lowest BCUT2D eigenvalue weighted by Crippen LogP contribution is -2.46. The van der Waals surface area contributed by atoms with Crippen molar-refractivity contribution in [2.24, 2.45) is 0 Å². The van der Waals surface area contributed by atoms with Gasteiger partial charge >= 0.3 is 0 Å². The topological polar surface area (TPSA) is 65.5 Å². The maximum absolute atomic E-state index is 13.3. The number of sulfonamides is 1. The molecule has 0 bridgehead atoms. The van der Waals surface area contributed by atoms with Gasteiger partial charge in [-0.05, 0) is 43.3 Å². The molecule has 0 radical (unpaired) electrons. The minimum atomic E-state index is -3.78. The van der Waals surface area contributed by atoms with Crippen molar-refractivity contribution >= 4 is 32.3 Å². The Morgan fingerprint density at radius 3 is 2.55 bits per heavy atom. The fourth-order valence-corrected chi connectivity index (χ4v) is 5.06. The number of nitrogens with zero attached hydrogens (tertiary/aromatic N) is 3. The molecule has 4 rings (SSSR count). The number of aromatic nitrogens is 1. The molecule has 6 nitrogen and oxygen atoms in total. The smallest absolute Gasteiger partial charge is 0.264 e. The highest BCUT2D eigenvalue weighted by Gasteiger charge is 2.23. The van der Waals surface area contributed by atoms with Crippen LogP contribution in [0.15, 0.2) is 59.6 Å². The summed E-state index contributed by atoms with van der Waals surface area (Å²) in [6.07, 6.45) is 1.70. The zero-order valence-corrected chi connectivity index (χ0v) is 17.6. The van der Waals surface area contributed by atoms with Crippen LogP contribution in [0.2, 0.25) is 0 Å². The first kappa shape index (κ1) is 19.7. The number of benzene rings is 2.